The molecule has 3 rings (SSSR count). The molecule has 0 spiro atoms. The lowest BCUT2D eigenvalue weighted by atomic mass is 10.1. The standard InChI is InChI=1S/C18H23N5O4/c1-2-26-18(25)23-9-7-13(8-10-23)20-17(24)15-5-6-16(22-21-15)19-12-14-4-3-11-27-14/h3-6,11,13H,2,7-10,12H2,1H3,(H,19,22)(H,20,24). The number of likely N-dealkylation sites (tertiary alicyclic amines) is 1. The third-order valence-corrected chi connectivity index (χ3v) is 4.28. The molecule has 1 aliphatic heterocycles. The van der Waals surface area contributed by atoms with Crippen LogP contribution in [0.2, 0.25) is 0 Å². The number of amides is 2. The Morgan fingerprint density at radius 3 is 2.70 bits per heavy atom. The van der Waals surface area contributed by atoms with E-state index in [1.54, 1.807) is 30.2 Å². The minimum absolute atomic E-state index is 0.00160. The number of hydrogen-bond donors (Lipinski definition) is 2. The fourth-order valence-corrected chi connectivity index (χ4v) is 2.82. The van der Waals surface area contributed by atoms with Crippen LogP contribution in [-0.4, -0.2) is 52.8 Å². The largest absolute Gasteiger partial charge is 0.467 e. The smallest absolute Gasteiger partial charge is 0.409 e. The van der Waals surface area contributed by atoms with Crippen LogP contribution in [-0.2, 0) is 11.3 Å². The van der Waals surface area contributed by atoms with Crippen molar-refractivity contribution >= 4 is 17.8 Å². The minimum Gasteiger partial charge on any atom is -0.467 e. The number of nitrogens with zero attached hydrogens (tertiary/aromatic N) is 3. The second kappa shape index (κ2) is 9.02. The van der Waals surface area contributed by atoms with Crippen LogP contribution in [0.15, 0.2) is 34.9 Å². The normalized spacial score (nSPS) is 14.6. The number of carbonyl (C=O) groups excluding carboxylic acids is 2. The van der Waals surface area contributed by atoms with Gasteiger partial charge in [-0.3, -0.25) is 4.79 Å². The first-order chi connectivity index (χ1) is 13.2. The molecule has 27 heavy (non-hydrogen) atoms. The molecule has 0 atom stereocenters. The summed E-state index contributed by atoms with van der Waals surface area (Å²) in [6.45, 7) is 3.76. The number of ether oxygens (including phenoxy) is 1. The maximum Gasteiger partial charge on any atom is 0.409 e. The summed E-state index contributed by atoms with van der Waals surface area (Å²) in [6, 6.07) is 7.00. The van der Waals surface area contributed by atoms with E-state index in [2.05, 4.69) is 20.8 Å². The van der Waals surface area contributed by atoms with Crippen molar-refractivity contribution in [3.8, 4) is 0 Å². The fourth-order valence-electron chi connectivity index (χ4n) is 2.82. The second-order valence-electron chi connectivity index (χ2n) is 6.17. The van der Waals surface area contributed by atoms with Gasteiger partial charge in [0, 0.05) is 19.1 Å². The summed E-state index contributed by atoms with van der Waals surface area (Å²) < 4.78 is 10.2. The molecule has 1 aliphatic rings. The third kappa shape index (κ3) is 5.19. The molecule has 0 aliphatic carbocycles. The van der Waals surface area contributed by atoms with Gasteiger partial charge in [-0.15, -0.1) is 10.2 Å². The predicted molar refractivity (Wildman–Crippen MR) is 97.1 cm³/mol. The van der Waals surface area contributed by atoms with E-state index in [0.717, 1.165) is 5.76 Å². The second-order valence-corrected chi connectivity index (χ2v) is 6.17. The molecular formula is C18H23N5O4. The summed E-state index contributed by atoms with van der Waals surface area (Å²) in [7, 11) is 0. The highest BCUT2D eigenvalue weighted by Crippen LogP contribution is 2.12. The Morgan fingerprint density at radius 1 is 1.26 bits per heavy atom. The molecule has 1 fully saturated rings. The molecule has 3 heterocycles. The summed E-state index contributed by atoms with van der Waals surface area (Å²) in [4.78, 5) is 25.7. The van der Waals surface area contributed by atoms with Gasteiger partial charge in [0.1, 0.15) is 11.6 Å². The first-order valence-corrected chi connectivity index (χ1v) is 8.98. The Balaban J connectivity index is 1.45. The summed E-state index contributed by atoms with van der Waals surface area (Å²) in [5.74, 6) is 1.08. The highest BCUT2D eigenvalue weighted by molar-refractivity contribution is 5.92. The molecular weight excluding hydrogens is 350 g/mol. The van der Waals surface area contributed by atoms with Crippen molar-refractivity contribution in [3.05, 3.63) is 42.0 Å². The van der Waals surface area contributed by atoms with E-state index in [1.807, 2.05) is 12.1 Å². The van der Waals surface area contributed by atoms with Gasteiger partial charge in [-0.1, -0.05) is 0 Å². The Morgan fingerprint density at radius 2 is 2.07 bits per heavy atom. The van der Waals surface area contributed by atoms with Crippen molar-refractivity contribution in [3.63, 3.8) is 0 Å². The molecule has 0 bridgehead atoms. The van der Waals surface area contributed by atoms with Crippen LogP contribution in [0, 0.1) is 0 Å². The first-order valence-electron chi connectivity index (χ1n) is 8.98. The molecule has 2 aromatic rings. The summed E-state index contributed by atoms with van der Waals surface area (Å²) >= 11 is 0. The molecule has 0 saturated carbocycles. The number of aromatic nitrogens is 2. The van der Waals surface area contributed by atoms with Crippen LogP contribution in [0.25, 0.3) is 0 Å². The van der Waals surface area contributed by atoms with Crippen LogP contribution in [0.5, 0.6) is 0 Å². The number of anilines is 1. The Kier molecular flexibility index (Phi) is 6.24. The quantitative estimate of drug-likeness (QED) is 0.797. The van der Waals surface area contributed by atoms with E-state index in [9.17, 15) is 9.59 Å². The molecule has 9 nitrogen and oxygen atoms in total. The van der Waals surface area contributed by atoms with Gasteiger partial charge in [0.2, 0.25) is 0 Å². The van der Waals surface area contributed by atoms with E-state index in [4.69, 9.17) is 9.15 Å². The van der Waals surface area contributed by atoms with Crippen molar-refractivity contribution in [2.45, 2.75) is 32.4 Å². The van der Waals surface area contributed by atoms with E-state index >= 15 is 0 Å². The van der Waals surface area contributed by atoms with Crippen LogP contribution >= 0.6 is 0 Å². The van der Waals surface area contributed by atoms with E-state index in [0.29, 0.717) is 44.9 Å². The average molecular weight is 373 g/mol. The lowest BCUT2D eigenvalue weighted by Gasteiger charge is -2.31. The molecule has 9 heteroatoms. The number of carbonyl (C=O) groups is 2. The van der Waals surface area contributed by atoms with Gasteiger partial charge < -0.3 is 24.7 Å². The van der Waals surface area contributed by atoms with Crippen LogP contribution in [0.1, 0.15) is 36.0 Å². The molecule has 0 aromatic carbocycles. The lowest BCUT2D eigenvalue weighted by Crippen LogP contribution is -2.46. The lowest BCUT2D eigenvalue weighted by molar-refractivity contribution is 0.0856. The SMILES string of the molecule is CCOC(=O)N1CCC(NC(=O)c2ccc(NCc3ccco3)nn2)CC1. The predicted octanol–water partition coefficient (Wildman–Crippen LogP) is 2.03. The first kappa shape index (κ1) is 18.7. The maximum atomic E-state index is 12.3. The summed E-state index contributed by atoms with van der Waals surface area (Å²) in [5.41, 5.74) is 0.256. The average Bonchev–Trinajstić information content (AvgIpc) is 3.21. The summed E-state index contributed by atoms with van der Waals surface area (Å²) in [5, 5.41) is 14.0. The Bertz CT molecular complexity index is 740. The number of furan rings is 1. The van der Waals surface area contributed by atoms with Crippen LogP contribution in [0.4, 0.5) is 10.6 Å². The van der Waals surface area contributed by atoms with Gasteiger partial charge in [-0.05, 0) is 44.0 Å². The van der Waals surface area contributed by atoms with Crippen LogP contribution in [0.3, 0.4) is 0 Å². The monoisotopic (exact) mass is 373 g/mol. The van der Waals surface area contributed by atoms with Crippen molar-refractivity contribution in [2.75, 3.05) is 25.0 Å². The van der Waals surface area contributed by atoms with Crippen molar-refractivity contribution in [2.24, 2.45) is 0 Å². The number of hydrogen-bond acceptors (Lipinski definition) is 7. The molecule has 0 unspecified atom stereocenters. The highest BCUT2D eigenvalue weighted by atomic mass is 16.6. The zero-order valence-corrected chi connectivity index (χ0v) is 15.2. The zero-order chi connectivity index (χ0) is 19.1. The Hall–Kier alpha value is -3.10. The van der Waals surface area contributed by atoms with Gasteiger partial charge in [-0.25, -0.2) is 4.79 Å². The van der Waals surface area contributed by atoms with Crippen molar-refractivity contribution in [1.82, 2.24) is 20.4 Å². The van der Waals surface area contributed by atoms with Gasteiger partial charge in [-0.2, -0.15) is 0 Å². The zero-order valence-electron chi connectivity index (χ0n) is 15.2. The molecule has 0 radical (unpaired) electrons. The maximum absolute atomic E-state index is 12.3. The van der Waals surface area contributed by atoms with Gasteiger partial charge in [0.25, 0.3) is 5.91 Å². The van der Waals surface area contributed by atoms with Gasteiger partial charge >= 0.3 is 6.09 Å². The van der Waals surface area contributed by atoms with E-state index < -0.39 is 0 Å². The van der Waals surface area contributed by atoms with Gasteiger partial charge in [0.05, 0.1) is 19.4 Å². The topological polar surface area (TPSA) is 110 Å². The highest BCUT2D eigenvalue weighted by Gasteiger charge is 2.25. The fraction of sp³-hybridized carbons (Fsp3) is 0.444. The Labute approximate surface area is 157 Å². The van der Waals surface area contributed by atoms with E-state index in [1.165, 1.54) is 0 Å². The van der Waals surface area contributed by atoms with Gasteiger partial charge in [0.15, 0.2) is 5.69 Å². The number of rotatable bonds is 6. The number of piperidine rings is 1. The van der Waals surface area contributed by atoms with E-state index in [-0.39, 0.29) is 23.7 Å². The van der Waals surface area contributed by atoms with Crippen LogP contribution < -0.4 is 10.6 Å². The van der Waals surface area contributed by atoms with Crippen molar-refractivity contribution in [1.29, 1.82) is 0 Å². The molecule has 2 N–H and O–H groups in total. The third-order valence-electron chi connectivity index (χ3n) is 4.28. The summed E-state index contributed by atoms with van der Waals surface area (Å²) in [6.07, 6.45) is 2.67. The molecule has 1 saturated heterocycles. The molecule has 144 valence electrons. The van der Waals surface area contributed by atoms with Crippen molar-refractivity contribution < 1.29 is 18.7 Å². The number of nitrogens with one attached hydrogen (secondary N) is 2. The minimum atomic E-state index is -0.300. The molecule has 2 amide bonds. The molecule has 2 aromatic heterocycles.